The second kappa shape index (κ2) is 8.40. The first-order valence-electron chi connectivity index (χ1n) is 8.81. The van der Waals surface area contributed by atoms with Crippen LogP contribution in [-0.4, -0.2) is 41.3 Å². The molecular formula is C21H22N2O5S. The highest BCUT2D eigenvalue weighted by Crippen LogP contribution is 2.36. The van der Waals surface area contributed by atoms with Gasteiger partial charge in [-0.3, -0.25) is 4.79 Å². The molecule has 0 fully saturated rings. The summed E-state index contributed by atoms with van der Waals surface area (Å²) in [5.74, 6) is 0.182. The third kappa shape index (κ3) is 4.60. The van der Waals surface area contributed by atoms with E-state index >= 15 is 0 Å². The van der Waals surface area contributed by atoms with Gasteiger partial charge in [-0.05, 0) is 11.5 Å². The first-order chi connectivity index (χ1) is 13.8. The molecule has 0 unspecified atom stereocenters. The van der Waals surface area contributed by atoms with Crippen LogP contribution in [0.25, 0.3) is 10.8 Å². The summed E-state index contributed by atoms with van der Waals surface area (Å²) in [6, 6.07) is 16.4. The molecule has 2 N–H and O–H groups in total. The van der Waals surface area contributed by atoms with E-state index in [0.717, 1.165) is 17.0 Å². The van der Waals surface area contributed by atoms with Crippen LogP contribution >= 0.6 is 0 Å². The highest BCUT2D eigenvalue weighted by Gasteiger charge is 2.20. The quantitative estimate of drug-likeness (QED) is 0.616. The lowest BCUT2D eigenvalue weighted by atomic mass is 10.1. The molecule has 0 saturated heterocycles. The first kappa shape index (κ1) is 20.5. The summed E-state index contributed by atoms with van der Waals surface area (Å²) in [4.78, 5) is 12.5. The van der Waals surface area contributed by atoms with E-state index in [1.54, 1.807) is 6.07 Å². The number of rotatable bonds is 7. The summed E-state index contributed by atoms with van der Waals surface area (Å²) in [5.41, 5.74) is 1.05. The van der Waals surface area contributed by atoms with E-state index < -0.39 is 9.84 Å². The minimum absolute atomic E-state index is 0.0173. The van der Waals surface area contributed by atoms with Crippen LogP contribution in [0.1, 0.15) is 0 Å². The Labute approximate surface area is 169 Å². The number of anilines is 2. The number of benzene rings is 3. The molecular weight excluding hydrogens is 392 g/mol. The van der Waals surface area contributed by atoms with Crippen molar-refractivity contribution in [3.05, 3.63) is 54.6 Å². The average Bonchev–Trinajstić information content (AvgIpc) is 2.71. The lowest BCUT2D eigenvalue weighted by Crippen LogP contribution is -2.22. The van der Waals surface area contributed by atoms with Gasteiger partial charge in [0.15, 0.2) is 15.6 Å². The van der Waals surface area contributed by atoms with E-state index in [1.807, 2.05) is 42.5 Å². The molecule has 3 aromatic rings. The van der Waals surface area contributed by atoms with Crippen molar-refractivity contribution < 1.29 is 22.7 Å². The summed E-state index contributed by atoms with van der Waals surface area (Å²) >= 11 is 0. The molecule has 0 radical (unpaired) electrons. The molecule has 0 heterocycles. The van der Waals surface area contributed by atoms with Crippen molar-refractivity contribution in [2.24, 2.45) is 0 Å². The van der Waals surface area contributed by atoms with Gasteiger partial charge < -0.3 is 20.1 Å². The number of sulfone groups is 1. The molecule has 0 aliphatic rings. The second-order valence-electron chi connectivity index (χ2n) is 6.41. The molecule has 3 aromatic carbocycles. The van der Waals surface area contributed by atoms with Gasteiger partial charge in [-0.2, -0.15) is 0 Å². The molecule has 1 amide bonds. The van der Waals surface area contributed by atoms with Crippen molar-refractivity contribution in [1.29, 1.82) is 0 Å². The lowest BCUT2D eigenvalue weighted by Gasteiger charge is -2.16. The fraction of sp³-hybridized carbons (Fsp3) is 0.190. The molecule has 29 heavy (non-hydrogen) atoms. The van der Waals surface area contributed by atoms with Gasteiger partial charge in [-0.25, -0.2) is 8.42 Å². The Morgan fingerprint density at radius 1 is 0.966 bits per heavy atom. The van der Waals surface area contributed by atoms with Crippen LogP contribution in [0, 0.1) is 0 Å². The largest absolute Gasteiger partial charge is 0.497 e. The number of hydrogen-bond donors (Lipinski definition) is 2. The van der Waals surface area contributed by atoms with Crippen LogP contribution in [-0.2, 0) is 14.6 Å². The number of fused-ring (bicyclic) bond motifs is 1. The van der Waals surface area contributed by atoms with E-state index in [9.17, 15) is 13.2 Å². The summed E-state index contributed by atoms with van der Waals surface area (Å²) < 4.78 is 34.7. The zero-order valence-corrected chi connectivity index (χ0v) is 17.2. The van der Waals surface area contributed by atoms with Gasteiger partial charge in [-0.15, -0.1) is 0 Å². The minimum Gasteiger partial charge on any atom is -0.497 e. The highest BCUT2D eigenvalue weighted by molar-refractivity contribution is 7.90. The first-order valence-corrected chi connectivity index (χ1v) is 10.7. The van der Waals surface area contributed by atoms with Gasteiger partial charge in [0.25, 0.3) is 0 Å². The molecule has 8 heteroatoms. The third-order valence-corrected chi connectivity index (χ3v) is 5.47. The zero-order valence-electron chi connectivity index (χ0n) is 16.4. The van der Waals surface area contributed by atoms with Gasteiger partial charge in [0.05, 0.1) is 26.5 Å². The van der Waals surface area contributed by atoms with Crippen molar-refractivity contribution in [3.8, 4) is 11.5 Å². The predicted octanol–water partition coefficient (Wildman–Crippen LogP) is 3.31. The third-order valence-electron chi connectivity index (χ3n) is 4.37. The maximum atomic E-state index is 12.5. The van der Waals surface area contributed by atoms with E-state index in [1.165, 1.54) is 20.3 Å². The number of carbonyl (C=O) groups excluding carboxylic acids is 1. The van der Waals surface area contributed by atoms with Crippen molar-refractivity contribution in [3.63, 3.8) is 0 Å². The van der Waals surface area contributed by atoms with Gasteiger partial charge >= 0.3 is 0 Å². The summed E-state index contributed by atoms with van der Waals surface area (Å²) in [6.07, 6.45) is 1.08. The van der Waals surface area contributed by atoms with Crippen LogP contribution < -0.4 is 20.1 Å². The maximum Gasteiger partial charge on any atom is 0.243 e. The Hall–Kier alpha value is -3.26. The van der Waals surface area contributed by atoms with Crippen LogP contribution in [0.4, 0.5) is 11.4 Å². The molecule has 0 spiro atoms. The molecule has 7 nitrogen and oxygen atoms in total. The number of carbonyl (C=O) groups is 1. The fourth-order valence-electron chi connectivity index (χ4n) is 3.02. The van der Waals surface area contributed by atoms with Crippen molar-refractivity contribution in [2.45, 2.75) is 4.90 Å². The predicted molar refractivity (Wildman–Crippen MR) is 114 cm³/mol. The summed E-state index contributed by atoms with van der Waals surface area (Å²) in [5, 5.41) is 7.76. The molecule has 0 bridgehead atoms. The van der Waals surface area contributed by atoms with Crippen LogP contribution in [0.3, 0.4) is 0 Å². The van der Waals surface area contributed by atoms with Crippen LogP contribution in [0.15, 0.2) is 59.5 Å². The van der Waals surface area contributed by atoms with Gasteiger partial charge in [0.2, 0.25) is 5.91 Å². The minimum atomic E-state index is -3.56. The SMILES string of the molecule is COc1cc(NCC(=O)Nc2cccc3ccccc23)c(OC)c(S(C)(=O)=O)c1. The van der Waals surface area contributed by atoms with E-state index in [-0.39, 0.29) is 23.1 Å². The number of ether oxygens (including phenoxy) is 2. The number of hydrogen-bond acceptors (Lipinski definition) is 6. The Balaban J connectivity index is 1.83. The van der Waals surface area contributed by atoms with Gasteiger partial charge in [-0.1, -0.05) is 36.4 Å². The Kier molecular flexibility index (Phi) is 5.93. The number of methoxy groups -OCH3 is 2. The van der Waals surface area contributed by atoms with Gasteiger partial charge in [0.1, 0.15) is 10.6 Å². The standard InChI is InChI=1S/C21H22N2O5S/c1-27-15-11-18(21(28-2)19(12-15)29(3,25)26)22-13-20(24)23-17-10-6-8-14-7-4-5-9-16(14)17/h4-12,22H,13H2,1-3H3,(H,23,24). The molecule has 0 aliphatic carbocycles. The van der Waals surface area contributed by atoms with Crippen molar-refractivity contribution in [1.82, 2.24) is 0 Å². The molecule has 152 valence electrons. The van der Waals surface area contributed by atoms with Crippen molar-refractivity contribution >= 4 is 37.9 Å². The molecule has 0 aromatic heterocycles. The second-order valence-corrected chi connectivity index (χ2v) is 8.39. The van der Waals surface area contributed by atoms with E-state index in [2.05, 4.69) is 10.6 Å². The van der Waals surface area contributed by atoms with Crippen molar-refractivity contribution in [2.75, 3.05) is 37.7 Å². The summed E-state index contributed by atoms with van der Waals surface area (Å²) in [6.45, 7) is -0.0874. The molecule has 0 atom stereocenters. The van der Waals surface area contributed by atoms with E-state index in [4.69, 9.17) is 9.47 Å². The number of nitrogens with one attached hydrogen (secondary N) is 2. The summed E-state index contributed by atoms with van der Waals surface area (Å²) in [7, 11) is -0.749. The molecule has 0 aliphatic heterocycles. The smallest absolute Gasteiger partial charge is 0.243 e. The molecule has 0 saturated carbocycles. The van der Waals surface area contributed by atoms with E-state index in [0.29, 0.717) is 17.1 Å². The topological polar surface area (TPSA) is 93.7 Å². The Morgan fingerprint density at radius 2 is 1.69 bits per heavy atom. The number of amides is 1. The van der Waals surface area contributed by atoms with Crippen LogP contribution in [0.5, 0.6) is 11.5 Å². The highest BCUT2D eigenvalue weighted by atomic mass is 32.2. The maximum absolute atomic E-state index is 12.5. The fourth-order valence-corrected chi connectivity index (χ4v) is 3.88. The molecule has 3 rings (SSSR count). The Bertz CT molecular complexity index is 1150. The monoisotopic (exact) mass is 414 g/mol. The average molecular weight is 414 g/mol. The van der Waals surface area contributed by atoms with Gasteiger partial charge in [0, 0.05) is 29.5 Å². The zero-order chi connectivity index (χ0) is 21.0. The lowest BCUT2D eigenvalue weighted by molar-refractivity contribution is -0.114. The normalized spacial score (nSPS) is 11.1. The van der Waals surface area contributed by atoms with Crippen LogP contribution in [0.2, 0.25) is 0 Å². The Morgan fingerprint density at radius 3 is 2.38 bits per heavy atom.